The molecule has 5 nitrogen and oxygen atoms in total. The normalized spacial score (nSPS) is 9.75. The molecule has 0 bridgehead atoms. The van der Waals surface area contributed by atoms with E-state index in [-0.39, 0.29) is 23.9 Å². The number of methoxy groups -OCH3 is 1. The predicted molar refractivity (Wildman–Crippen MR) is 82.1 cm³/mol. The zero-order chi connectivity index (χ0) is 15.1. The number of amides is 1. The molecule has 0 saturated carbocycles. The second-order valence-electron chi connectivity index (χ2n) is 3.71. The predicted octanol–water partition coefficient (Wildman–Crippen LogP) is 2.76. The van der Waals surface area contributed by atoms with E-state index in [9.17, 15) is 9.59 Å². The number of ether oxygens (including phenoxy) is 1. The molecule has 20 heavy (non-hydrogen) atoms. The van der Waals surface area contributed by atoms with Crippen LogP contribution >= 0.6 is 35.4 Å². The molecule has 0 unspecified atom stereocenters. The van der Waals surface area contributed by atoms with Gasteiger partial charge in [0.2, 0.25) is 5.91 Å². The highest BCUT2D eigenvalue weighted by atomic mass is 35.5. The van der Waals surface area contributed by atoms with Gasteiger partial charge in [-0.25, -0.2) is 0 Å². The van der Waals surface area contributed by atoms with Crippen LogP contribution in [0.5, 0.6) is 0 Å². The van der Waals surface area contributed by atoms with Crippen molar-refractivity contribution in [3.8, 4) is 0 Å². The van der Waals surface area contributed by atoms with Crippen LogP contribution in [0.4, 0.5) is 5.69 Å². The fourth-order valence-electron chi connectivity index (χ4n) is 1.24. The number of thiocarbonyl (C=S) groups is 1. The number of halogens is 2. The molecule has 8 heteroatoms. The van der Waals surface area contributed by atoms with Crippen LogP contribution in [-0.2, 0) is 14.3 Å². The van der Waals surface area contributed by atoms with Crippen LogP contribution in [0.2, 0.25) is 10.0 Å². The topological polar surface area (TPSA) is 67.4 Å². The lowest BCUT2D eigenvalue weighted by molar-refractivity contribution is -0.142. The summed E-state index contributed by atoms with van der Waals surface area (Å²) in [5.74, 6) is -0.837. The van der Waals surface area contributed by atoms with Crippen LogP contribution in [0, 0.1) is 0 Å². The molecule has 1 aromatic rings. The Morgan fingerprint density at radius 1 is 1.25 bits per heavy atom. The van der Waals surface area contributed by atoms with Crippen LogP contribution < -0.4 is 10.6 Å². The van der Waals surface area contributed by atoms with Crippen molar-refractivity contribution in [1.29, 1.82) is 0 Å². The molecule has 108 valence electrons. The summed E-state index contributed by atoms with van der Waals surface area (Å²) < 4.78 is 4.43. The maximum absolute atomic E-state index is 11.5. The minimum absolute atomic E-state index is 0.00226. The highest BCUT2D eigenvalue weighted by Crippen LogP contribution is 2.24. The lowest BCUT2D eigenvalue weighted by Crippen LogP contribution is -2.34. The molecule has 1 amide bonds. The van der Waals surface area contributed by atoms with Crippen molar-refractivity contribution >= 4 is 58.1 Å². The van der Waals surface area contributed by atoms with Crippen molar-refractivity contribution in [3.63, 3.8) is 0 Å². The molecule has 0 aliphatic heterocycles. The molecule has 0 aliphatic rings. The first-order valence-corrected chi connectivity index (χ1v) is 6.71. The Balaban J connectivity index is 2.45. The van der Waals surface area contributed by atoms with Crippen LogP contribution in [0.1, 0.15) is 12.8 Å². The first-order valence-electron chi connectivity index (χ1n) is 5.55. The van der Waals surface area contributed by atoms with Crippen molar-refractivity contribution in [3.05, 3.63) is 28.2 Å². The molecule has 0 heterocycles. The summed E-state index contributed by atoms with van der Waals surface area (Å²) in [6.07, 6.45) is -0.00636. The minimum Gasteiger partial charge on any atom is -0.469 e. The largest absolute Gasteiger partial charge is 0.469 e. The van der Waals surface area contributed by atoms with Gasteiger partial charge in [-0.15, -0.1) is 0 Å². The van der Waals surface area contributed by atoms with Crippen molar-refractivity contribution in [1.82, 2.24) is 5.32 Å². The monoisotopic (exact) mass is 334 g/mol. The number of rotatable bonds is 4. The summed E-state index contributed by atoms with van der Waals surface area (Å²) in [7, 11) is 1.26. The SMILES string of the molecule is COC(=O)CCC(=O)NC(=S)Nc1ccc(Cl)c(Cl)c1. The third-order valence-corrected chi connectivity index (χ3v) is 3.16. The number of esters is 1. The zero-order valence-electron chi connectivity index (χ0n) is 10.5. The fourth-order valence-corrected chi connectivity index (χ4v) is 1.77. The standard InChI is InChI=1S/C12H12Cl2N2O3S/c1-19-11(18)5-4-10(17)16-12(20)15-7-2-3-8(13)9(14)6-7/h2-3,6H,4-5H2,1H3,(H2,15,16,17,20). The second-order valence-corrected chi connectivity index (χ2v) is 4.93. The van der Waals surface area contributed by atoms with Crippen molar-refractivity contribution in [2.75, 3.05) is 12.4 Å². The summed E-state index contributed by atoms with van der Waals surface area (Å²) in [4.78, 5) is 22.4. The van der Waals surface area contributed by atoms with Gasteiger partial charge in [0.1, 0.15) is 0 Å². The Morgan fingerprint density at radius 3 is 2.55 bits per heavy atom. The van der Waals surface area contributed by atoms with E-state index in [0.29, 0.717) is 15.7 Å². The van der Waals surface area contributed by atoms with E-state index < -0.39 is 5.97 Å². The first-order chi connectivity index (χ1) is 9.42. The molecule has 0 aliphatic carbocycles. The van der Waals surface area contributed by atoms with Crippen molar-refractivity contribution in [2.24, 2.45) is 0 Å². The van der Waals surface area contributed by atoms with Gasteiger partial charge in [0, 0.05) is 12.1 Å². The number of carbonyl (C=O) groups excluding carboxylic acids is 2. The molecule has 2 N–H and O–H groups in total. The van der Waals surface area contributed by atoms with E-state index in [2.05, 4.69) is 15.4 Å². The van der Waals surface area contributed by atoms with E-state index >= 15 is 0 Å². The lowest BCUT2D eigenvalue weighted by atomic mass is 10.3. The quantitative estimate of drug-likeness (QED) is 0.654. The maximum atomic E-state index is 11.5. The molecule has 1 rings (SSSR count). The molecule has 0 spiro atoms. The number of hydrogen-bond acceptors (Lipinski definition) is 4. The Labute approximate surface area is 131 Å². The van der Waals surface area contributed by atoms with Gasteiger partial charge in [-0.05, 0) is 30.4 Å². The third-order valence-electron chi connectivity index (χ3n) is 2.21. The van der Waals surface area contributed by atoms with Crippen molar-refractivity contribution < 1.29 is 14.3 Å². The number of benzene rings is 1. The highest BCUT2D eigenvalue weighted by molar-refractivity contribution is 7.80. The van der Waals surface area contributed by atoms with E-state index in [0.717, 1.165) is 0 Å². The van der Waals surface area contributed by atoms with Gasteiger partial charge in [-0.2, -0.15) is 0 Å². The lowest BCUT2D eigenvalue weighted by Gasteiger charge is -2.10. The average molecular weight is 335 g/mol. The molecule has 0 atom stereocenters. The van der Waals surface area contributed by atoms with E-state index in [1.807, 2.05) is 0 Å². The second kappa shape index (κ2) is 8.04. The van der Waals surface area contributed by atoms with Crippen LogP contribution in [0.25, 0.3) is 0 Å². The highest BCUT2D eigenvalue weighted by Gasteiger charge is 2.09. The number of anilines is 1. The zero-order valence-corrected chi connectivity index (χ0v) is 12.9. The summed E-state index contributed by atoms with van der Waals surface area (Å²) >= 11 is 16.6. The molecule has 0 aromatic heterocycles. The summed E-state index contributed by atoms with van der Waals surface area (Å²) in [5.41, 5.74) is 0.595. The average Bonchev–Trinajstić information content (AvgIpc) is 2.40. The summed E-state index contributed by atoms with van der Waals surface area (Å²) in [6.45, 7) is 0. The Bertz CT molecular complexity index is 537. The molecule has 1 aromatic carbocycles. The Morgan fingerprint density at radius 2 is 1.95 bits per heavy atom. The van der Waals surface area contributed by atoms with Crippen molar-refractivity contribution in [2.45, 2.75) is 12.8 Å². The van der Waals surface area contributed by atoms with Gasteiger partial charge < -0.3 is 15.4 Å². The Kier molecular flexibility index (Phi) is 6.70. The fraction of sp³-hybridized carbons (Fsp3) is 0.250. The molecule has 0 radical (unpaired) electrons. The van der Waals surface area contributed by atoms with Gasteiger partial charge in [-0.3, -0.25) is 9.59 Å². The molecular weight excluding hydrogens is 323 g/mol. The number of hydrogen-bond donors (Lipinski definition) is 2. The van der Waals surface area contributed by atoms with E-state index in [1.54, 1.807) is 18.2 Å². The van der Waals surface area contributed by atoms with Gasteiger partial charge >= 0.3 is 5.97 Å². The Hall–Kier alpha value is -1.37. The molecule has 0 saturated heterocycles. The van der Waals surface area contributed by atoms with Gasteiger partial charge in [0.05, 0.1) is 23.6 Å². The third kappa shape index (κ3) is 5.73. The van der Waals surface area contributed by atoms with E-state index in [4.69, 9.17) is 35.4 Å². The molecule has 0 fully saturated rings. The summed E-state index contributed by atoms with van der Waals surface area (Å²) in [5, 5.41) is 6.12. The number of carbonyl (C=O) groups is 2. The van der Waals surface area contributed by atoms with Gasteiger partial charge in [0.25, 0.3) is 0 Å². The first kappa shape index (κ1) is 16.7. The maximum Gasteiger partial charge on any atom is 0.306 e. The van der Waals surface area contributed by atoms with Gasteiger partial charge in [-0.1, -0.05) is 23.2 Å². The smallest absolute Gasteiger partial charge is 0.306 e. The number of nitrogens with one attached hydrogen (secondary N) is 2. The summed E-state index contributed by atoms with van der Waals surface area (Å²) in [6, 6.07) is 4.85. The van der Waals surface area contributed by atoms with Crippen LogP contribution in [-0.4, -0.2) is 24.1 Å². The van der Waals surface area contributed by atoms with E-state index in [1.165, 1.54) is 7.11 Å². The molecular formula is C12H12Cl2N2O3S. The van der Waals surface area contributed by atoms with Crippen LogP contribution in [0.3, 0.4) is 0 Å². The minimum atomic E-state index is -0.455. The van der Waals surface area contributed by atoms with Gasteiger partial charge in [0.15, 0.2) is 5.11 Å². The van der Waals surface area contributed by atoms with Crippen LogP contribution in [0.15, 0.2) is 18.2 Å².